The second-order valence-electron chi connectivity index (χ2n) is 7.12. The topological polar surface area (TPSA) is 45.1 Å². The van der Waals surface area contributed by atoms with Crippen molar-refractivity contribution in [2.24, 2.45) is 0 Å². The molecule has 4 aromatic rings. The molecule has 2 N–H and O–H groups in total. The lowest BCUT2D eigenvalue weighted by molar-refractivity contribution is 0.749. The Balaban J connectivity index is 1.73. The molecular formula is C21H22N4. The Bertz CT molecular complexity index is 1050. The molecule has 126 valence electrons. The van der Waals surface area contributed by atoms with Crippen LogP contribution in [0.1, 0.15) is 31.2 Å². The van der Waals surface area contributed by atoms with Crippen LogP contribution in [0.3, 0.4) is 0 Å². The molecule has 0 radical (unpaired) electrons. The highest BCUT2D eigenvalue weighted by molar-refractivity contribution is 5.97. The van der Waals surface area contributed by atoms with Crippen LogP contribution in [-0.2, 0) is 0 Å². The summed E-state index contributed by atoms with van der Waals surface area (Å²) in [6.07, 6.45) is 9.38. The molecule has 3 heterocycles. The van der Waals surface area contributed by atoms with Gasteiger partial charge in [0.15, 0.2) is 0 Å². The molecule has 1 aromatic carbocycles. The molecule has 4 heteroatoms. The number of aryl methyl sites for hydroxylation is 1. The van der Waals surface area contributed by atoms with E-state index in [-0.39, 0.29) is 0 Å². The first-order valence-corrected chi connectivity index (χ1v) is 9.11. The number of fused-ring (bicyclic) bond motifs is 2. The average Bonchev–Trinajstić information content (AvgIpc) is 3.34. The number of imidazole rings is 1. The van der Waals surface area contributed by atoms with E-state index in [0.717, 1.165) is 28.2 Å². The Kier molecular flexibility index (Phi) is 3.30. The van der Waals surface area contributed by atoms with Crippen LogP contribution >= 0.6 is 0 Å². The van der Waals surface area contributed by atoms with Crippen LogP contribution in [0.5, 0.6) is 0 Å². The summed E-state index contributed by atoms with van der Waals surface area (Å²) in [5, 5.41) is 5.02. The number of aromatic nitrogens is 3. The summed E-state index contributed by atoms with van der Waals surface area (Å²) in [6, 6.07) is 13.2. The Morgan fingerprint density at radius 3 is 2.84 bits per heavy atom. The van der Waals surface area contributed by atoms with Gasteiger partial charge < -0.3 is 10.3 Å². The number of aromatic amines is 1. The number of hydrogen-bond donors (Lipinski definition) is 2. The molecule has 5 rings (SSSR count). The highest BCUT2D eigenvalue weighted by atomic mass is 15.1. The van der Waals surface area contributed by atoms with Crippen LogP contribution in [0.4, 0.5) is 5.82 Å². The van der Waals surface area contributed by atoms with Gasteiger partial charge in [0.2, 0.25) is 0 Å². The Morgan fingerprint density at radius 1 is 1.12 bits per heavy atom. The predicted molar refractivity (Wildman–Crippen MR) is 103 cm³/mol. The minimum absolute atomic E-state index is 0.546. The molecule has 0 saturated heterocycles. The summed E-state index contributed by atoms with van der Waals surface area (Å²) >= 11 is 0. The monoisotopic (exact) mass is 330 g/mol. The van der Waals surface area contributed by atoms with Gasteiger partial charge in [0, 0.05) is 34.9 Å². The standard InChI is InChI=1S/C21H22N4/c1-14-10-11-19-24-20(17-12-22-18-9-5-4-8-16(17)18)21(25(19)13-14)23-15-6-2-3-7-15/h4-5,8-13,15,22-23H,2-3,6-7H2,1H3. The lowest BCUT2D eigenvalue weighted by Crippen LogP contribution is -2.16. The van der Waals surface area contributed by atoms with Crippen molar-refractivity contribution in [3.63, 3.8) is 0 Å². The van der Waals surface area contributed by atoms with Crippen LogP contribution in [-0.4, -0.2) is 20.4 Å². The molecule has 0 bridgehead atoms. The van der Waals surface area contributed by atoms with Crippen LogP contribution in [0.2, 0.25) is 0 Å². The first-order valence-electron chi connectivity index (χ1n) is 9.11. The van der Waals surface area contributed by atoms with Gasteiger partial charge >= 0.3 is 0 Å². The second kappa shape index (κ2) is 5.66. The van der Waals surface area contributed by atoms with Crippen molar-refractivity contribution >= 4 is 22.4 Å². The summed E-state index contributed by atoms with van der Waals surface area (Å²) in [4.78, 5) is 8.36. The molecular weight excluding hydrogens is 308 g/mol. The molecule has 1 aliphatic rings. The summed E-state index contributed by atoms with van der Waals surface area (Å²) in [5.41, 5.74) is 5.58. The van der Waals surface area contributed by atoms with E-state index < -0.39 is 0 Å². The van der Waals surface area contributed by atoms with E-state index in [1.54, 1.807) is 0 Å². The van der Waals surface area contributed by atoms with Gasteiger partial charge in [-0.05, 0) is 37.5 Å². The minimum Gasteiger partial charge on any atom is -0.367 e. The number of nitrogens with zero attached hydrogens (tertiary/aromatic N) is 2. The molecule has 0 spiro atoms. The van der Waals surface area contributed by atoms with Gasteiger partial charge in [0.25, 0.3) is 0 Å². The first kappa shape index (κ1) is 14.6. The minimum atomic E-state index is 0.546. The molecule has 0 unspecified atom stereocenters. The third-order valence-corrected chi connectivity index (χ3v) is 5.31. The van der Waals surface area contributed by atoms with Gasteiger partial charge in [-0.15, -0.1) is 0 Å². The van der Waals surface area contributed by atoms with Gasteiger partial charge in [-0.3, -0.25) is 4.40 Å². The number of para-hydroxylation sites is 1. The molecule has 4 nitrogen and oxygen atoms in total. The number of rotatable bonds is 3. The number of H-pyrrole nitrogens is 1. The van der Waals surface area contributed by atoms with Crippen molar-refractivity contribution in [3.8, 4) is 11.3 Å². The number of benzene rings is 1. The number of nitrogens with one attached hydrogen (secondary N) is 2. The molecule has 3 aromatic heterocycles. The van der Waals surface area contributed by atoms with Gasteiger partial charge in [-0.1, -0.05) is 37.1 Å². The molecule has 0 atom stereocenters. The van der Waals surface area contributed by atoms with E-state index in [1.165, 1.54) is 36.6 Å². The average molecular weight is 330 g/mol. The third kappa shape index (κ3) is 2.40. The van der Waals surface area contributed by atoms with Crippen molar-refractivity contribution in [1.29, 1.82) is 0 Å². The fraction of sp³-hybridized carbons (Fsp3) is 0.286. The smallest absolute Gasteiger partial charge is 0.139 e. The van der Waals surface area contributed by atoms with Crippen LogP contribution in [0.15, 0.2) is 48.8 Å². The van der Waals surface area contributed by atoms with Crippen molar-refractivity contribution in [2.45, 2.75) is 38.6 Å². The maximum atomic E-state index is 4.97. The molecule has 1 aliphatic carbocycles. The molecule has 1 saturated carbocycles. The Morgan fingerprint density at radius 2 is 1.96 bits per heavy atom. The van der Waals surface area contributed by atoms with Crippen molar-refractivity contribution in [3.05, 3.63) is 54.4 Å². The number of pyridine rings is 1. The van der Waals surface area contributed by atoms with E-state index >= 15 is 0 Å². The summed E-state index contributed by atoms with van der Waals surface area (Å²) in [6.45, 7) is 2.13. The van der Waals surface area contributed by atoms with Gasteiger partial charge in [0.05, 0.1) is 0 Å². The lowest BCUT2D eigenvalue weighted by Gasteiger charge is -2.15. The van der Waals surface area contributed by atoms with E-state index in [4.69, 9.17) is 4.98 Å². The normalized spacial score (nSPS) is 15.4. The lowest BCUT2D eigenvalue weighted by atomic mass is 10.1. The van der Waals surface area contributed by atoms with E-state index in [0.29, 0.717) is 6.04 Å². The molecule has 1 fully saturated rings. The zero-order valence-corrected chi connectivity index (χ0v) is 14.4. The predicted octanol–water partition coefficient (Wildman–Crippen LogP) is 5.15. The zero-order chi connectivity index (χ0) is 16.8. The highest BCUT2D eigenvalue weighted by Crippen LogP contribution is 2.35. The zero-order valence-electron chi connectivity index (χ0n) is 14.4. The second-order valence-corrected chi connectivity index (χ2v) is 7.12. The first-order chi connectivity index (χ1) is 12.3. The summed E-state index contributed by atoms with van der Waals surface area (Å²) in [5.74, 6) is 1.12. The fourth-order valence-electron chi connectivity index (χ4n) is 4.01. The third-order valence-electron chi connectivity index (χ3n) is 5.31. The summed E-state index contributed by atoms with van der Waals surface area (Å²) < 4.78 is 2.21. The SMILES string of the molecule is Cc1ccc2nc(-c3c[nH]c4ccccc34)c(NC3CCCC3)n2c1. The highest BCUT2D eigenvalue weighted by Gasteiger charge is 2.21. The maximum absolute atomic E-state index is 4.97. The Hall–Kier alpha value is -2.75. The number of hydrogen-bond acceptors (Lipinski definition) is 2. The van der Waals surface area contributed by atoms with Crippen LogP contribution in [0.25, 0.3) is 27.8 Å². The van der Waals surface area contributed by atoms with E-state index in [1.807, 2.05) is 0 Å². The van der Waals surface area contributed by atoms with Crippen LogP contribution < -0.4 is 5.32 Å². The van der Waals surface area contributed by atoms with Crippen LogP contribution in [0, 0.1) is 6.92 Å². The Labute approximate surface area is 146 Å². The van der Waals surface area contributed by atoms with Gasteiger partial charge in [-0.25, -0.2) is 4.98 Å². The molecule has 0 aliphatic heterocycles. The van der Waals surface area contributed by atoms with E-state index in [2.05, 4.69) is 70.4 Å². The van der Waals surface area contributed by atoms with Gasteiger partial charge in [0.1, 0.15) is 17.2 Å². The van der Waals surface area contributed by atoms with Crippen molar-refractivity contribution < 1.29 is 0 Å². The quantitative estimate of drug-likeness (QED) is 0.546. The van der Waals surface area contributed by atoms with Crippen molar-refractivity contribution in [1.82, 2.24) is 14.4 Å². The largest absolute Gasteiger partial charge is 0.367 e. The summed E-state index contributed by atoms with van der Waals surface area (Å²) in [7, 11) is 0. The fourth-order valence-corrected chi connectivity index (χ4v) is 4.01. The molecule has 0 amide bonds. The van der Waals surface area contributed by atoms with E-state index in [9.17, 15) is 0 Å². The number of anilines is 1. The maximum Gasteiger partial charge on any atom is 0.139 e. The van der Waals surface area contributed by atoms with Crippen molar-refractivity contribution in [2.75, 3.05) is 5.32 Å². The molecule has 25 heavy (non-hydrogen) atoms. The van der Waals surface area contributed by atoms with Gasteiger partial charge in [-0.2, -0.15) is 0 Å².